The lowest BCUT2D eigenvalue weighted by Gasteiger charge is -1.95. The topological polar surface area (TPSA) is 60.4 Å². The number of fused-ring (bicyclic) bond motifs is 1. The summed E-state index contributed by atoms with van der Waals surface area (Å²) < 4.78 is 4.36. The van der Waals surface area contributed by atoms with Gasteiger partial charge in [-0.1, -0.05) is 0 Å². The van der Waals surface area contributed by atoms with Crippen molar-refractivity contribution in [2.24, 2.45) is 0 Å². The van der Waals surface area contributed by atoms with Crippen molar-refractivity contribution in [3.8, 4) is 12.3 Å². The molecular weight excluding hydrogens is 196 g/mol. The Labute approximate surface area is 84.8 Å². The Hall–Kier alpha value is -2.41. The number of terminal acetylenes is 1. The van der Waals surface area contributed by atoms with Crippen molar-refractivity contribution < 1.29 is 19.1 Å². The monoisotopic (exact) mass is 200 g/mol. The molecule has 1 aliphatic rings. The minimum Gasteiger partial charge on any atom is -0.386 e. The van der Waals surface area contributed by atoms with Crippen molar-refractivity contribution in [3.05, 3.63) is 34.9 Å². The number of rotatable bonds is 1. The van der Waals surface area contributed by atoms with Crippen LogP contribution in [-0.2, 0) is 4.74 Å². The first-order chi connectivity index (χ1) is 7.13. The third kappa shape index (κ3) is 1.30. The molecule has 72 valence electrons. The highest BCUT2D eigenvalue weighted by Crippen LogP contribution is 2.21. The maximum Gasteiger partial charge on any atom is 0.346 e. The van der Waals surface area contributed by atoms with Crippen LogP contribution in [0.3, 0.4) is 0 Å². The molecule has 0 atom stereocenters. The van der Waals surface area contributed by atoms with E-state index in [-0.39, 0.29) is 16.7 Å². The fraction of sp³-hybridized carbons (Fsp3) is 0. The van der Waals surface area contributed by atoms with Gasteiger partial charge >= 0.3 is 11.9 Å². The fourth-order valence-electron chi connectivity index (χ4n) is 1.31. The van der Waals surface area contributed by atoms with Crippen molar-refractivity contribution >= 4 is 17.7 Å². The minimum atomic E-state index is -0.748. The summed E-state index contributed by atoms with van der Waals surface area (Å²) in [6.45, 7) is 0. The van der Waals surface area contributed by atoms with E-state index in [0.29, 0.717) is 0 Å². The Morgan fingerprint density at radius 3 is 2.53 bits per heavy atom. The molecule has 0 fully saturated rings. The van der Waals surface area contributed by atoms with E-state index in [4.69, 9.17) is 6.42 Å². The van der Waals surface area contributed by atoms with Crippen LogP contribution >= 0.6 is 0 Å². The predicted octanol–water partition coefficient (Wildman–Crippen LogP) is 0.813. The molecule has 0 saturated carbocycles. The summed E-state index contributed by atoms with van der Waals surface area (Å²) in [5, 5.41) is 0. The van der Waals surface area contributed by atoms with E-state index in [1.54, 1.807) is 0 Å². The molecule has 2 rings (SSSR count). The summed E-state index contributed by atoms with van der Waals surface area (Å²) in [6.07, 6.45) is 4.93. The van der Waals surface area contributed by atoms with Gasteiger partial charge in [-0.3, -0.25) is 4.79 Å². The Morgan fingerprint density at radius 2 is 1.87 bits per heavy atom. The van der Waals surface area contributed by atoms with Crippen LogP contribution in [0.25, 0.3) is 0 Å². The van der Waals surface area contributed by atoms with Crippen LogP contribution in [0.4, 0.5) is 0 Å². The Kier molecular flexibility index (Phi) is 1.87. The zero-order valence-corrected chi connectivity index (χ0v) is 7.44. The number of cyclic esters (lactones) is 2. The molecule has 0 spiro atoms. The molecule has 0 bridgehead atoms. The number of hydrogen-bond donors (Lipinski definition) is 0. The number of benzene rings is 1. The standard InChI is InChI=1S/C11H4O4/c1-2-9(12)6-3-4-7-8(5-6)11(14)15-10(7)13/h1,3-5H. The summed E-state index contributed by atoms with van der Waals surface area (Å²) >= 11 is 0. The molecule has 1 aromatic carbocycles. The van der Waals surface area contributed by atoms with E-state index in [1.165, 1.54) is 18.2 Å². The van der Waals surface area contributed by atoms with Crippen molar-refractivity contribution in [2.45, 2.75) is 0 Å². The Bertz CT molecular complexity index is 534. The third-order valence-electron chi connectivity index (χ3n) is 2.04. The van der Waals surface area contributed by atoms with Gasteiger partial charge in [0, 0.05) is 5.56 Å². The second-order valence-corrected chi connectivity index (χ2v) is 2.91. The summed E-state index contributed by atoms with van der Waals surface area (Å²) in [5.74, 6) is -0.0624. The van der Waals surface area contributed by atoms with E-state index in [1.807, 2.05) is 5.92 Å². The Morgan fingerprint density at radius 1 is 1.20 bits per heavy atom. The van der Waals surface area contributed by atoms with Crippen LogP contribution < -0.4 is 0 Å². The molecule has 4 nitrogen and oxygen atoms in total. The summed E-state index contributed by atoms with van der Waals surface area (Å²) in [7, 11) is 0. The highest BCUT2D eigenvalue weighted by atomic mass is 16.6. The first kappa shape index (κ1) is 9.16. The largest absolute Gasteiger partial charge is 0.386 e. The van der Waals surface area contributed by atoms with Crippen LogP contribution in [0, 0.1) is 12.3 Å². The number of carbonyl (C=O) groups is 3. The van der Waals surface area contributed by atoms with Crippen LogP contribution in [0.2, 0.25) is 0 Å². The second-order valence-electron chi connectivity index (χ2n) is 2.91. The van der Waals surface area contributed by atoms with Crippen molar-refractivity contribution in [1.29, 1.82) is 0 Å². The van der Waals surface area contributed by atoms with Gasteiger partial charge in [0.25, 0.3) is 0 Å². The second kappa shape index (κ2) is 3.07. The average Bonchev–Trinajstić information content (AvgIpc) is 2.53. The fourth-order valence-corrected chi connectivity index (χ4v) is 1.31. The molecule has 0 aromatic heterocycles. The van der Waals surface area contributed by atoms with E-state index in [2.05, 4.69) is 4.74 Å². The molecule has 1 aromatic rings. The molecule has 0 unspecified atom stereocenters. The number of carbonyl (C=O) groups excluding carboxylic acids is 3. The van der Waals surface area contributed by atoms with Crippen LogP contribution in [0.15, 0.2) is 18.2 Å². The van der Waals surface area contributed by atoms with Crippen molar-refractivity contribution in [1.82, 2.24) is 0 Å². The zero-order valence-electron chi connectivity index (χ0n) is 7.44. The van der Waals surface area contributed by atoms with Gasteiger partial charge in [0.05, 0.1) is 11.1 Å². The van der Waals surface area contributed by atoms with Crippen LogP contribution in [0.5, 0.6) is 0 Å². The van der Waals surface area contributed by atoms with Crippen molar-refractivity contribution in [3.63, 3.8) is 0 Å². The number of hydrogen-bond acceptors (Lipinski definition) is 4. The van der Waals surface area contributed by atoms with Gasteiger partial charge in [-0.25, -0.2) is 9.59 Å². The zero-order chi connectivity index (χ0) is 11.0. The van der Waals surface area contributed by atoms with Crippen LogP contribution in [-0.4, -0.2) is 17.7 Å². The summed E-state index contributed by atoms with van der Waals surface area (Å²) in [5.41, 5.74) is 0.442. The summed E-state index contributed by atoms with van der Waals surface area (Å²) in [6, 6.07) is 4.01. The molecule has 0 amide bonds. The van der Waals surface area contributed by atoms with Gasteiger partial charge in [0.1, 0.15) is 0 Å². The maximum absolute atomic E-state index is 11.1. The molecular formula is C11H4O4. The predicted molar refractivity (Wildman–Crippen MR) is 49.4 cm³/mol. The van der Waals surface area contributed by atoms with Crippen molar-refractivity contribution in [2.75, 3.05) is 0 Å². The first-order valence-corrected chi connectivity index (χ1v) is 4.05. The molecule has 1 heterocycles. The molecule has 0 radical (unpaired) electrons. The molecule has 0 N–H and O–H groups in total. The third-order valence-corrected chi connectivity index (χ3v) is 2.04. The van der Waals surface area contributed by atoms with E-state index in [0.717, 1.165) is 0 Å². The minimum absolute atomic E-state index is 0.0844. The maximum atomic E-state index is 11.1. The SMILES string of the molecule is C#CC(=O)c1ccc2c(c1)C(=O)OC2=O. The average molecular weight is 200 g/mol. The number of ether oxygens (including phenoxy) is 1. The van der Waals surface area contributed by atoms with Gasteiger partial charge < -0.3 is 4.74 Å². The molecule has 15 heavy (non-hydrogen) atoms. The highest BCUT2D eigenvalue weighted by molar-refractivity contribution is 6.17. The first-order valence-electron chi connectivity index (χ1n) is 4.05. The van der Waals surface area contributed by atoms with Gasteiger partial charge in [0.2, 0.25) is 5.78 Å². The van der Waals surface area contributed by atoms with E-state index in [9.17, 15) is 14.4 Å². The van der Waals surface area contributed by atoms with Crippen LogP contribution in [0.1, 0.15) is 31.1 Å². The molecule has 1 aliphatic heterocycles. The van der Waals surface area contributed by atoms with E-state index >= 15 is 0 Å². The number of esters is 2. The summed E-state index contributed by atoms with van der Waals surface area (Å²) in [4.78, 5) is 33.3. The molecule has 0 saturated heterocycles. The van der Waals surface area contributed by atoms with Gasteiger partial charge in [-0.2, -0.15) is 0 Å². The van der Waals surface area contributed by atoms with E-state index < -0.39 is 17.7 Å². The molecule has 0 aliphatic carbocycles. The number of ketones is 1. The lowest BCUT2D eigenvalue weighted by Crippen LogP contribution is -1.99. The quantitative estimate of drug-likeness (QED) is 0.221. The highest BCUT2D eigenvalue weighted by Gasteiger charge is 2.29. The lowest BCUT2D eigenvalue weighted by molar-refractivity contribution is 0.0443. The van der Waals surface area contributed by atoms with Gasteiger partial charge in [-0.05, 0) is 24.1 Å². The van der Waals surface area contributed by atoms with Gasteiger partial charge in [0.15, 0.2) is 0 Å². The number of Topliss-reactive ketones (excluding diaryl/α,β-unsaturated/α-hetero) is 1. The van der Waals surface area contributed by atoms with Gasteiger partial charge in [-0.15, -0.1) is 6.42 Å². The smallest absolute Gasteiger partial charge is 0.346 e. The normalized spacial score (nSPS) is 13.0. The Balaban J connectivity index is 2.58. The lowest BCUT2D eigenvalue weighted by atomic mass is 10.0. The molecule has 4 heteroatoms.